The summed E-state index contributed by atoms with van der Waals surface area (Å²) >= 11 is 0. The summed E-state index contributed by atoms with van der Waals surface area (Å²) in [6.07, 6.45) is -4.49. The highest BCUT2D eigenvalue weighted by molar-refractivity contribution is 5.48. The highest BCUT2D eigenvalue weighted by Crippen LogP contribution is 2.24. The van der Waals surface area contributed by atoms with Crippen LogP contribution in [-0.2, 0) is 0 Å². The number of halogens is 5. The Bertz CT molecular complexity index is 404. The van der Waals surface area contributed by atoms with E-state index in [1.807, 2.05) is 0 Å². The fourth-order valence-corrected chi connectivity index (χ4v) is 1.24. The van der Waals surface area contributed by atoms with Crippen molar-refractivity contribution < 1.29 is 22.0 Å². The summed E-state index contributed by atoms with van der Waals surface area (Å²) in [5.41, 5.74) is 0. The van der Waals surface area contributed by atoms with Crippen molar-refractivity contribution in [3.63, 3.8) is 0 Å². The summed E-state index contributed by atoms with van der Waals surface area (Å²) in [6, 6.07) is 0.487. The Morgan fingerprint density at radius 3 is 2.35 bits per heavy atom. The number of hydrogen-bond acceptors (Lipinski definition) is 3. The van der Waals surface area contributed by atoms with Gasteiger partial charge in [0.15, 0.2) is 23.3 Å². The Balaban J connectivity index is 3.05. The van der Waals surface area contributed by atoms with Crippen molar-refractivity contribution in [1.29, 1.82) is 0 Å². The van der Waals surface area contributed by atoms with Crippen molar-refractivity contribution in [3.8, 4) is 0 Å². The van der Waals surface area contributed by atoms with Crippen molar-refractivity contribution in [1.82, 2.24) is 4.98 Å². The molecule has 0 unspecified atom stereocenters. The van der Waals surface area contributed by atoms with Crippen LogP contribution in [0.3, 0.4) is 0 Å². The van der Waals surface area contributed by atoms with Gasteiger partial charge in [-0.25, -0.2) is 13.8 Å². The second-order valence-electron chi connectivity index (χ2n) is 3.35. The van der Waals surface area contributed by atoms with E-state index in [-0.39, 0.29) is 5.82 Å². The van der Waals surface area contributed by atoms with Gasteiger partial charge in [0, 0.05) is 20.2 Å². The lowest BCUT2D eigenvalue weighted by atomic mass is 10.3. The predicted octanol–water partition coefficient (Wildman–Crippen LogP) is 2.40. The molecular weight excluding hydrogens is 245 g/mol. The summed E-state index contributed by atoms with van der Waals surface area (Å²) in [5.74, 6) is -2.98. The molecule has 1 rings (SSSR count). The zero-order valence-electron chi connectivity index (χ0n) is 9.07. The molecule has 0 saturated carbocycles. The van der Waals surface area contributed by atoms with E-state index in [1.165, 1.54) is 7.05 Å². The number of hydrogen-bond donors (Lipinski definition) is 1. The number of alkyl halides is 3. The van der Waals surface area contributed by atoms with Gasteiger partial charge in [-0.15, -0.1) is 0 Å². The Labute approximate surface area is 94.2 Å². The van der Waals surface area contributed by atoms with E-state index < -0.39 is 30.2 Å². The minimum Gasteiger partial charge on any atom is -0.371 e. The molecule has 0 atom stereocenters. The Kier molecular flexibility index (Phi) is 3.74. The molecule has 8 heteroatoms. The molecule has 0 radical (unpaired) electrons. The first-order valence-corrected chi connectivity index (χ1v) is 4.56. The van der Waals surface area contributed by atoms with E-state index in [0.29, 0.717) is 11.0 Å². The fourth-order valence-electron chi connectivity index (χ4n) is 1.24. The van der Waals surface area contributed by atoms with Crippen LogP contribution < -0.4 is 10.2 Å². The lowest BCUT2D eigenvalue weighted by Gasteiger charge is -2.20. The molecule has 1 heterocycles. The van der Waals surface area contributed by atoms with Gasteiger partial charge in [-0.2, -0.15) is 13.2 Å². The minimum atomic E-state index is -4.49. The van der Waals surface area contributed by atoms with Crippen molar-refractivity contribution in [2.75, 3.05) is 30.9 Å². The van der Waals surface area contributed by atoms with Gasteiger partial charge in [0.25, 0.3) is 0 Å². The summed E-state index contributed by atoms with van der Waals surface area (Å²) in [7, 11) is 2.35. The predicted molar refractivity (Wildman–Crippen MR) is 53.0 cm³/mol. The molecule has 0 saturated heterocycles. The summed E-state index contributed by atoms with van der Waals surface area (Å²) in [4.78, 5) is 4.00. The molecule has 1 N–H and O–H groups in total. The molecule has 0 fully saturated rings. The zero-order valence-corrected chi connectivity index (χ0v) is 9.07. The quantitative estimate of drug-likeness (QED) is 0.840. The van der Waals surface area contributed by atoms with Crippen LogP contribution in [0.1, 0.15) is 0 Å². The Morgan fingerprint density at radius 1 is 1.29 bits per heavy atom. The average Bonchev–Trinajstić information content (AvgIpc) is 2.14. The maximum Gasteiger partial charge on any atom is 0.405 e. The third-order valence-corrected chi connectivity index (χ3v) is 1.93. The smallest absolute Gasteiger partial charge is 0.371 e. The van der Waals surface area contributed by atoms with Gasteiger partial charge in [-0.1, -0.05) is 0 Å². The van der Waals surface area contributed by atoms with Crippen LogP contribution in [0, 0.1) is 11.6 Å². The van der Waals surface area contributed by atoms with Gasteiger partial charge in [-0.3, -0.25) is 0 Å². The molecule has 0 spiro atoms. The van der Waals surface area contributed by atoms with Crippen LogP contribution in [0.2, 0.25) is 0 Å². The molecule has 1 aromatic rings. The van der Waals surface area contributed by atoms with Crippen LogP contribution in [-0.4, -0.2) is 31.8 Å². The van der Waals surface area contributed by atoms with E-state index >= 15 is 0 Å². The number of pyridine rings is 1. The van der Waals surface area contributed by atoms with Gasteiger partial charge in [0.05, 0.1) is 0 Å². The number of nitrogens with zero attached hydrogens (tertiary/aromatic N) is 2. The van der Waals surface area contributed by atoms with Crippen LogP contribution in [0.5, 0.6) is 0 Å². The average molecular weight is 255 g/mol. The van der Waals surface area contributed by atoms with Crippen LogP contribution >= 0.6 is 0 Å². The van der Waals surface area contributed by atoms with E-state index in [0.717, 1.165) is 7.05 Å². The molecule has 0 aliphatic carbocycles. The van der Waals surface area contributed by atoms with Crippen LogP contribution in [0.15, 0.2) is 6.07 Å². The first-order chi connectivity index (χ1) is 7.74. The lowest BCUT2D eigenvalue weighted by molar-refractivity contribution is -0.119. The third kappa shape index (κ3) is 3.43. The SMILES string of the molecule is CNc1nc(N(C)CC(F)(F)F)c(F)cc1F. The standard InChI is InChI=1S/C9H10F5N3/c1-15-7-5(10)3-6(11)8(16-7)17(2)4-9(12,13)14/h3H,4H2,1-2H3,(H,15,16). The first-order valence-electron chi connectivity index (χ1n) is 4.56. The van der Waals surface area contributed by atoms with Crippen LogP contribution in [0.25, 0.3) is 0 Å². The van der Waals surface area contributed by atoms with E-state index in [9.17, 15) is 22.0 Å². The topological polar surface area (TPSA) is 28.2 Å². The van der Waals surface area contributed by atoms with Gasteiger partial charge in [-0.05, 0) is 0 Å². The second-order valence-corrected chi connectivity index (χ2v) is 3.35. The van der Waals surface area contributed by atoms with Crippen molar-refractivity contribution >= 4 is 11.6 Å². The van der Waals surface area contributed by atoms with E-state index in [4.69, 9.17) is 0 Å². The highest BCUT2D eigenvalue weighted by Gasteiger charge is 2.31. The maximum absolute atomic E-state index is 13.3. The maximum atomic E-state index is 13.3. The molecule has 17 heavy (non-hydrogen) atoms. The largest absolute Gasteiger partial charge is 0.405 e. The van der Waals surface area contributed by atoms with Crippen molar-refractivity contribution in [2.24, 2.45) is 0 Å². The zero-order chi connectivity index (χ0) is 13.2. The van der Waals surface area contributed by atoms with Gasteiger partial charge >= 0.3 is 6.18 Å². The lowest BCUT2D eigenvalue weighted by Crippen LogP contribution is -2.32. The first kappa shape index (κ1) is 13.5. The molecule has 3 nitrogen and oxygen atoms in total. The van der Waals surface area contributed by atoms with Crippen molar-refractivity contribution in [3.05, 3.63) is 17.7 Å². The second kappa shape index (κ2) is 4.72. The van der Waals surface area contributed by atoms with Gasteiger partial charge in [0.2, 0.25) is 0 Å². The number of anilines is 2. The van der Waals surface area contributed by atoms with E-state index in [2.05, 4.69) is 10.3 Å². The summed E-state index contributed by atoms with van der Waals surface area (Å²) in [6.45, 7) is -1.37. The Hall–Kier alpha value is -1.60. The molecule has 0 aliphatic rings. The summed E-state index contributed by atoms with van der Waals surface area (Å²) in [5, 5.41) is 2.32. The molecule has 96 valence electrons. The van der Waals surface area contributed by atoms with Crippen molar-refractivity contribution in [2.45, 2.75) is 6.18 Å². The highest BCUT2D eigenvalue weighted by atomic mass is 19.4. The number of aromatic nitrogens is 1. The van der Waals surface area contributed by atoms with Gasteiger partial charge in [0.1, 0.15) is 6.54 Å². The molecule has 0 bridgehead atoms. The normalized spacial score (nSPS) is 11.5. The number of rotatable bonds is 3. The monoisotopic (exact) mass is 255 g/mol. The van der Waals surface area contributed by atoms with E-state index in [1.54, 1.807) is 0 Å². The van der Waals surface area contributed by atoms with Gasteiger partial charge < -0.3 is 10.2 Å². The molecule has 0 aliphatic heterocycles. The molecule has 1 aromatic heterocycles. The molecule has 0 aromatic carbocycles. The Morgan fingerprint density at radius 2 is 1.88 bits per heavy atom. The third-order valence-electron chi connectivity index (χ3n) is 1.93. The molecule has 0 amide bonds. The minimum absolute atomic E-state index is 0.310. The summed E-state index contributed by atoms with van der Waals surface area (Å²) < 4.78 is 62.6. The van der Waals surface area contributed by atoms with Crippen LogP contribution in [0.4, 0.5) is 33.6 Å². The fraction of sp³-hybridized carbons (Fsp3) is 0.444. The number of nitrogens with one attached hydrogen (secondary N) is 1. The molecular formula is C9H10F5N3.